The van der Waals surface area contributed by atoms with Crippen molar-refractivity contribution >= 4 is 39.8 Å². The lowest BCUT2D eigenvalue weighted by Gasteiger charge is -2.17. The smallest absolute Gasteiger partial charge is 0.306 e. The Morgan fingerprint density at radius 1 is 1.15 bits per heavy atom. The van der Waals surface area contributed by atoms with Gasteiger partial charge in [0.05, 0.1) is 12.8 Å². The second-order valence-corrected chi connectivity index (χ2v) is 6.49. The van der Waals surface area contributed by atoms with Gasteiger partial charge in [0.15, 0.2) is 23.8 Å². The van der Waals surface area contributed by atoms with Gasteiger partial charge in [-0.05, 0) is 25.0 Å². The standard InChI is InChI=1S/C19H19N3O5/c23-15(24)7-8-16(25)26-11-14-20-17-12-5-1-2-6-13(12)27-18(17)19(21-14)22-9-3-4-10-22/h1-2,5-6H,3-4,7-11H2,(H,23,24). The largest absolute Gasteiger partial charge is 0.481 e. The minimum atomic E-state index is -1.04. The van der Waals surface area contributed by atoms with E-state index in [-0.39, 0.29) is 19.4 Å². The third kappa shape index (κ3) is 3.55. The number of esters is 1. The molecular weight excluding hydrogens is 350 g/mol. The minimum Gasteiger partial charge on any atom is -0.481 e. The highest BCUT2D eigenvalue weighted by Gasteiger charge is 2.22. The van der Waals surface area contributed by atoms with Crippen LogP contribution in [0.25, 0.3) is 22.1 Å². The molecule has 0 radical (unpaired) electrons. The number of hydrogen-bond donors (Lipinski definition) is 1. The number of aromatic nitrogens is 2. The molecule has 4 rings (SSSR count). The van der Waals surface area contributed by atoms with Crippen molar-refractivity contribution in [1.29, 1.82) is 0 Å². The predicted octanol–water partition coefficient (Wildman–Crippen LogP) is 2.88. The molecule has 0 amide bonds. The van der Waals surface area contributed by atoms with E-state index in [2.05, 4.69) is 14.9 Å². The molecule has 3 heterocycles. The van der Waals surface area contributed by atoms with Gasteiger partial charge in [0, 0.05) is 18.5 Å². The van der Waals surface area contributed by atoms with Gasteiger partial charge in [-0.15, -0.1) is 0 Å². The number of carboxylic acids is 1. The average Bonchev–Trinajstić information content (AvgIpc) is 3.32. The molecule has 140 valence electrons. The van der Waals surface area contributed by atoms with E-state index in [0.717, 1.165) is 36.9 Å². The van der Waals surface area contributed by atoms with Crippen molar-refractivity contribution in [3.05, 3.63) is 30.1 Å². The number of aliphatic carboxylic acids is 1. The van der Waals surface area contributed by atoms with Crippen LogP contribution in [0.4, 0.5) is 5.82 Å². The summed E-state index contributed by atoms with van der Waals surface area (Å²) < 4.78 is 11.2. The topological polar surface area (TPSA) is 106 Å². The highest BCUT2D eigenvalue weighted by Crippen LogP contribution is 2.34. The molecule has 3 aromatic rings. The quantitative estimate of drug-likeness (QED) is 0.661. The molecule has 8 heteroatoms. The lowest BCUT2D eigenvalue weighted by molar-refractivity contribution is -0.148. The number of furan rings is 1. The number of carboxylic acid groups (broad SMARTS) is 1. The molecule has 27 heavy (non-hydrogen) atoms. The number of ether oxygens (including phenoxy) is 1. The zero-order valence-electron chi connectivity index (χ0n) is 14.7. The predicted molar refractivity (Wildman–Crippen MR) is 97.4 cm³/mol. The highest BCUT2D eigenvalue weighted by atomic mass is 16.5. The van der Waals surface area contributed by atoms with Crippen LogP contribution < -0.4 is 4.90 Å². The number of hydrogen-bond acceptors (Lipinski definition) is 7. The molecule has 0 bridgehead atoms. The van der Waals surface area contributed by atoms with Gasteiger partial charge in [-0.3, -0.25) is 9.59 Å². The van der Waals surface area contributed by atoms with Crippen molar-refractivity contribution in [3.8, 4) is 0 Å². The lowest BCUT2D eigenvalue weighted by atomic mass is 10.2. The molecule has 0 saturated carbocycles. The fourth-order valence-electron chi connectivity index (χ4n) is 3.26. The summed E-state index contributed by atoms with van der Waals surface area (Å²) in [7, 11) is 0. The molecule has 1 aliphatic heterocycles. The zero-order chi connectivity index (χ0) is 18.8. The number of carbonyl (C=O) groups excluding carboxylic acids is 1. The van der Waals surface area contributed by atoms with Crippen LogP contribution in [-0.2, 0) is 20.9 Å². The lowest BCUT2D eigenvalue weighted by Crippen LogP contribution is -2.20. The molecular formula is C19H19N3O5. The summed E-state index contributed by atoms with van der Waals surface area (Å²) in [5.41, 5.74) is 2.07. The summed E-state index contributed by atoms with van der Waals surface area (Å²) >= 11 is 0. The van der Waals surface area contributed by atoms with Crippen LogP contribution in [0.15, 0.2) is 28.7 Å². The van der Waals surface area contributed by atoms with E-state index in [1.165, 1.54) is 0 Å². The Kier molecular flexibility index (Phi) is 4.62. The molecule has 1 aromatic carbocycles. The monoisotopic (exact) mass is 369 g/mol. The number of carbonyl (C=O) groups is 2. The number of fused-ring (bicyclic) bond motifs is 3. The number of anilines is 1. The van der Waals surface area contributed by atoms with Gasteiger partial charge < -0.3 is 19.2 Å². The minimum absolute atomic E-state index is 0.102. The molecule has 8 nitrogen and oxygen atoms in total. The van der Waals surface area contributed by atoms with Gasteiger partial charge in [0.25, 0.3) is 0 Å². The molecule has 2 aromatic heterocycles. The first-order valence-corrected chi connectivity index (χ1v) is 8.92. The third-order valence-corrected chi connectivity index (χ3v) is 4.56. The van der Waals surface area contributed by atoms with Crippen molar-refractivity contribution in [2.24, 2.45) is 0 Å². The second kappa shape index (κ2) is 7.22. The van der Waals surface area contributed by atoms with E-state index in [9.17, 15) is 9.59 Å². The van der Waals surface area contributed by atoms with Crippen molar-refractivity contribution in [3.63, 3.8) is 0 Å². The van der Waals surface area contributed by atoms with Crippen molar-refractivity contribution < 1.29 is 23.8 Å². The van der Waals surface area contributed by atoms with Crippen molar-refractivity contribution in [1.82, 2.24) is 9.97 Å². The number of rotatable bonds is 6. The van der Waals surface area contributed by atoms with Crippen LogP contribution in [0.5, 0.6) is 0 Å². The summed E-state index contributed by atoms with van der Waals surface area (Å²) in [4.78, 5) is 33.5. The summed E-state index contributed by atoms with van der Waals surface area (Å²) in [6, 6.07) is 7.64. The Bertz CT molecular complexity index is 1010. The number of para-hydroxylation sites is 1. The first-order valence-electron chi connectivity index (χ1n) is 8.92. The van der Waals surface area contributed by atoms with Crippen molar-refractivity contribution in [2.75, 3.05) is 18.0 Å². The zero-order valence-corrected chi connectivity index (χ0v) is 14.7. The Hall–Kier alpha value is -3.16. The Balaban J connectivity index is 1.67. The van der Waals surface area contributed by atoms with E-state index >= 15 is 0 Å². The summed E-state index contributed by atoms with van der Waals surface area (Å²) in [5.74, 6) is -0.531. The molecule has 0 aliphatic carbocycles. The van der Waals surface area contributed by atoms with Crippen molar-refractivity contribution in [2.45, 2.75) is 32.3 Å². The van der Waals surface area contributed by atoms with Crippen LogP contribution in [0.2, 0.25) is 0 Å². The molecule has 1 fully saturated rings. The SMILES string of the molecule is O=C(O)CCC(=O)OCc1nc(N2CCCC2)c2oc3ccccc3c2n1. The van der Waals surface area contributed by atoms with Gasteiger partial charge in [-0.1, -0.05) is 12.1 Å². The Morgan fingerprint density at radius 3 is 2.70 bits per heavy atom. The fraction of sp³-hybridized carbons (Fsp3) is 0.368. The first-order chi connectivity index (χ1) is 13.1. The summed E-state index contributed by atoms with van der Waals surface area (Å²) in [5, 5.41) is 9.54. The highest BCUT2D eigenvalue weighted by molar-refractivity contribution is 6.05. The van der Waals surface area contributed by atoms with E-state index in [4.69, 9.17) is 14.3 Å². The molecule has 1 saturated heterocycles. The van der Waals surface area contributed by atoms with Gasteiger partial charge in [-0.25, -0.2) is 9.97 Å². The third-order valence-electron chi connectivity index (χ3n) is 4.56. The maximum atomic E-state index is 11.7. The van der Waals surface area contributed by atoms with Crippen LogP contribution >= 0.6 is 0 Å². The van der Waals surface area contributed by atoms with Crippen LogP contribution in [0.1, 0.15) is 31.5 Å². The van der Waals surface area contributed by atoms with Crippen LogP contribution in [0, 0.1) is 0 Å². The maximum Gasteiger partial charge on any atom is 0.306 e. The maximum absolute atomic E-state index is 11.7. The molecule has 1 N–H and O–H groups in total. The molecule has 0 atom stereocenters. The Morgan fingerprint density at radius 2 is 1.93 bits per heavy atom. The molecule has 1 aliphatic rings. The summed E-state index contributed by atoms with van der Waals surface area (Å²) in [6.07, 6.45) is 1.74. The van der Waals surface area contributed by atoms with E-state index in [0.29, 0.717) is 22.7 Å². The molecule has 0 unspecified atom stereocenters. The van der Waals surface area contributed by atoms with Gasteiger partial charge in [-0.2, -0.15) is 0 Å². The van der Waals surface area contributed by atoms with Gasteiger partial charge in [0.2, 0.25) is 0 Å². The van der Waals surface area contributed by atoms with Gasteiger partial charge in [0.1, 0.15) is 11.1 Å². The van der Waals surface area contributed by atoms with Crippen LogP contribution in [0.3, 0.4) is 0 Å². The van der Waals surface area contributed by atoms with Gasteiger partial charge >= 0.3 is 11.9 Å². The number of nitrogens with zero attached hydrogens (tertiary/aromatic N) is 3. The van der Waals surface area contributed by atoms with Crippen LogP contribution in [-0.4, -0.2) is 40.1 Å². The van der Waals surface area contributed by atoms with E-state index < -0.39 is 11.9 Å². The fourth-order valence-corrected chi connectivity index (χ4v) is 3.26. The number of benzene rings is 1. The average molecular weight is 369 g/mol. The second-order valence-electron chi connectivity index (χ2n) is 6.49. The Labute approximate surface area is 154 Å². The first kappa shape index (κ1) is 17.3. The summed E-state index contributed by atoms with van der Waals surface area (Å²) in [6.45, 7) is 1.68. The molecule has 0 spiro atoms. The van der Waals surface area contributed by atoms with E-state index in [1.54, 1.807) is 0 Å². The normalized spacial score (nSPS) is 14.1. The van der Waals surface area contributed by atoms with E-state index in [1.807, 2.05) is 24.3 Å².